The molecule has 1 aliphatic heterocycles. The number of guanidine groups is 1. The van der Waals surface area contributed by atoms with Crippen molar-refractivity contribution in [1.29, 1.82) is 0 Å². The van der Waals surface area contributed by atoms with E-state index >= 15 is 0 Å². The highest BCUT2D eigenvalue weighted by atomic mass is 127. The maximum atomic E-state index is 12.9. The number of benzene rings is 1. The molecule has 1 saturated heterocycles. The smallest absolute Gasteiger partial charge is 0.243 e. The molecule has 178 valence electrons. The van der Waals surface area contributed by atoms with Gasteiger partial charge in [0.15, 0.2) is 5.96 Å². The van der Waals surface area contributed by atoms with E-state index in [1.165, 1.54) is 6.26 Å². The first kappa shape index (κ1) is 26.6. The van der Waals surface area contributed by atoms with Crippen molar-refractivity contribution in [2.45, 2.75) is 50.2 Å². The van der Waals surface area contributed by atoms with Crippen molar-refractivity contribution in [3.8, 4) is 0 Å². The number of furan rings is 1. The van der Waals surface area contributed by atoms with Crippen LogP contribution in [0.4, 0.5) is 0 Å². The van der Waals surface area contributed by atoms with Gasteiger partial charge in [-0.2, -0.15) is 4.31 Å². The number of halogens is 1. The average molecular weight is 577 g/mol. The van der Waals surface area contributed by atoms with Gasteiger partial charge in [0, 0.05) is 19.6 Å². The van der Waals surface area contributed by atoms with Crippen molar-refractivity contribution >= 4 is 40.0 Å². The van der Waals surface area contributed by atoms with Crippen molar-refractivity contribution in [3.63, 3.8) is 0 Å². The van der Waals surface area contributed by atoms with Crippen LogP contribution < -0.4 is 10.6 Å². The van der Waals surface area contributed by atoms with Gasteiger partial charge in [-0.05, 0) is 56.5 Å². The van der Waals surface area contributed by atoms with Gasteiger partial charge < -0.3 is 20.2 Å². The number of rotatable bonds is 8. The van der Waals surface area contributed by atoms with Crippen LogP contribution in [0, 0.1) is 0 Å². The van der Waals surface area contributed by atoms with Gasteiger partial charge in [-0.3, -0.25) is 0 Å². The molecule has 3 N–H and O–H groups in total. The van der Waals surface area contributed by atoms with Crippen LogP contribution in [-0.2, 0) is 22.2 Å². The number of hydrogen-bond acceptors (Lipinski definition) is 5. The summed E-state index contributed by atoms with van der Waals surface area (Å²) in [5.41, 5.74) is -0.393. The van der Waals surface area contributed by atoms with Crippen molar-refractivity contribution in [3.05, 3.63) is 54.0 Å². The lowest BCUT2D eigenvalue weighted by atomic mass is 10.0. The molecule has 0 saturated carbocycles. The Morgan fingerprint density at radius 1 is 1.19 bits per heavy atom. The fourth-order valence-corrected chi connectivity index (χ4v) is 5.09. The van der Waals surface area contributed by atoms with Crippen LogP contribution in [-0.4, -0.2) is 50.0 Å². The molecule has 0 bridgehead atoms. The van der Waals surface area contributed by atoms with Gasteiger partial charge in [0.05, 0.1) is 24.2 Å². The first-order chi connectivity index (χ1) is 14.8. The van der Waals surface area contributed by atoms with E-state index in [9.17, 15) is 13.5 Å². The van der Waals surface area contributed by atoms with Crippen LogP contribution >= 0.6 is 24.0 Å². The maximum absolute atomic E-state index is 12.9. The summed E-state index contributed by atoms with van der Waals surface area (Å²) in [5.74, 6) is 0.991. The lowest BCUT2D eigenvalue weighted by Crippen LogP contribution is -2.44. The lowest BCUT2D eigenvalue weighted by Gasteiger charge is -2.26. The molecule has 0 amide bonds. The molecule has 1 atom stereocenters. The van der Waals surface area contributed by atoms with Crippen LogP contribution in [0.5, 0.6) is 0 Å². The Kier molecular flexibility index (Phi) is 9.99. The molecule has 1 fully saturated rings. The quantitative estimate of drug-likeness (QED) is 0.254. The van der Waals surface area contributed by atoms with E-state index in [0.29, 0.717) is 42.8 Å². The fourth-order valence-electron chi connectivity index (χ4n) is 3.50. The minimum atomic E-state index is -3.48. The van der Waals surface area contributed by atoms with Crippen molar-refractivity contribution in [2.75, 3.05) is 26.2 Å². The third-order valence-corrected chi connectivity index (χ3v) is 7.16. The SMILES string of the molecule is CCNC(=NCc1cccc(S(=O)(=O)N2CCCCC2)c1)NCC(C)(O)c1ccco1.I. The summed E-state index contributed by atoms with van der Waals surface area (Å²) in [6.07, 6.45) is 4.41. The number of nitrogens with zero attached hydrogens (tertiary/aromatic N) is 2. The minimum Gasteiger partial charge on any atom is -0.466 e. The largest absolute Gasteiger partial charge is 0.466 e. The van der Waals surface area contributed by atoms with Gasteiger partial charge >= 0.3 is 0 Å². The summed E-state index contributed by atoms with van der Waals surface area (Å²) in [7, 11) is -3.48. The first-order valence-corrected chi connectivity index (χ1v) is 12.1. The van der Waals surface area contributed by atoms with Gasteiger partial charge in [-0.25, -0.2) is 13.4 Å². The predicted molar refractivity (Wildman–Crippen MR) is 136 cm³/mol. The van der Waals surface area contributed by atoms with Crippen molar-refractivity contribution < 1.29 is 17.9 Å². The number of aliphatic hydroxyl groups is 1. The molecule has 8 nitrogen and oxygen atoms in total. The summed E-state index contributed by atoms with van der Waals surface area (Å²) >= 11 is 0. The Hall–Kier alpha value is -1.63. The zero-order valence-corrected chi connectivity index (χ0v) is 21.7. The van der Waals surface area contributed by atoms with Crippen LogP contribution in [0.2, 0.25) is 0 Å². The second kappa shape index (κ2) is 12.0. The molecular weight excluding hydrogens is 543 g/mol. The first-order valence-electron chi connectivity index (χ1n) is 10.7. The Bertz CT molecular complexity index is 972. The maximum Gasteiger partial charge on any atom is 0.243 e. The number of piperidine rings is 1. The fraction of sp³-hybridized carbons (Fsp3) is 0.500. The van der Waals surface area contributed by atoms with Gasteiger partial charge in [0.25, 0.3) is 0 Å². The molecule has 10 heteroatoms. The number of aliphatic imine (C=N–C) groups is 1. The summed E-state index contributed by atoms with van der Waals surface area (Å²) in [5, 5.41) is 16.9. The number of nitrogens with one attached hydrogen (secondary N) is 2. The predicted octanol–water partition coefficient (Wildman–Crippen LogP) is 3.04. The molecule has 1 aromatic carbocycles. The summed E-state index contributed by atoms with van der Waals surface area (Å²) in [6, 6.07) is 10.4. The molecule has 3 rings (SSSR count). The van der Waals surface area contributed by atoms with E-state index < -0.39 is 15.6 Å². The topological polar surface area (TPSA) is 107 Å². The molecule has 1 unspecified atom stereocenters. The zero-order valence-electron chi connectivity index (χ0n) is 18.6. The molecule has 1 aromatic heterocycles. The van der Waals surface area contributed by atoms with E-state index in [0.717, 1.165) is 24.8 Å². The second-order valence-corrected chi connectivity index (χ2v) is 9.85. The molecule has 0 aliphatic carbocycles. The monoisotopic (exact) mass is 576 g/mol. The highest BCUT2D eigenvalue weighted by Crippen LogP contribution is 2.22. The normalized spacial score (nSPS) is 17.3. The van der Waals surface area contributed by atoms with Crippen LogP contribution in [0.1, 0.15) is 44.4 Å². The molecule has 0 radical (unpaired) electrons. The van der Waals surface area contributed by atoms with E-state index in [1.54, 1.807) is 41.6 Å². The van der Waals surface area contributed by atoms with Gasteiger partial charge in [-0.1, -0.05) is 18.6 Å². The molecule has 2 aromatic rings. The molecule has 2 heterocycles. The Labute approximate surface area is 207 Å². The van der Waals surface area contributed by atoms with Crippen LogP contribution in [0.3, 0.4) is 0 Å². The standard InChI is InChI=1S/C22H32N4O4S.HI/c1-3-23-21(25-17-22(2,27)20-11-8-14-30-20)24-16-18-9-7-10-19(15-18)31(28,29)26-12-5-4-6-13-26;/h7-11,14-15,27H,3-6,12-13,16-17H2,1-2H3,(H2,23,24,25);1H. The lowest BCUT2D eigenvalue weighted by molar-refractivity contribution is 0.0386. The highest BCUT2D eigenvalue weighted by molar-refractivity contribution is 14.0. The van der Waals surface area contributed by atoms with Gasteiger partial charge in [-0.15, -0.1) is 24.0 Å². The summed E-state index contributed by atoms with van der Waals surface area (Å²) < 4.78 is 32.7. The zero-order chi connectivity index (χ0) is 22.3. The van der Waals surface area contributed by atoms with Gasteiger partial charge in [0.2, 0.25) is 10.0 Å². The molecule has 32 heavy (non-hydrogen) atoms. The Morgan fingerprint density at radius 2 is 1.94 bits per heavy atom. The van der Waals surface area contributed by atoms with Crippen LogP contribution in [0.15, 0.2) is 57.0 Å². The molecule has 1 aliphatic rings. The third-order valence-electron chi connectivity index (χ3n) is 5.27. The van der Waals surface area contributed by atoms with Crippen molar-refractivity contribution in [1.82, 2.24) is 14.9 Å². The Balaban J connectivity index is 0.00000363. The van der Waals surface area contributed by atoms with E-state index in [1.807, 2.05) is 13.0 Å². The molecule has 0 spiro atoms. The highest BCUT2D eigenvalue weighted by Gasteiger charge is 2.27. The van der Waals surface area contributed by atoms with E-state index in [4.69, 9.17) is 4.42 Å². The summed E-state index contributed by atoms with van der Waals surface area (Å²) in [6.45, 7) is 5.93. The third kappa shape index (κ3) is 6.93. The second-order valence-electron chi connectivity index (χ2n) is 7.91. The molecular formula is C22H33IN4O4S. The average Bonchev–Trinajstić information content (AvgIpc) is 3.33. The number of sulfonamides is 1. The Morgan fingerprint density at radius 3 is 2.59 bits per heavy atom. The van der Waals surface area contributed by atoms with E-state index in [2.05, 4.69) is 15.6 Å². The van der Waals surface area contributed by atoms with Gasteiger partial charge in [0.1, 0.15) is 11.4 Å². The van der Waals surface area contributed by atoms with E-state index in [-0.39, 0.29) is 30.5 Å². The van der Waals surface area contributed by atoms with Crippen LogP contribution in [0.25, 0.3) is 0 Å². The minimum absolute atomic E-state index is 0. The summed E-state index contributed by atoms with van der Waals surface area (Å²) in [4.78, 5) is 4.85. The number of hydrogen-bond donors (Lipinski definition) is 3. The van der Waals surface area contributed by atoms with Crippen molar-refractivity contribution in [2.24, 2.45) is 4.99 Å².